The topological polar surface area (TPSA) is 71.0 Å². The number of carbonyl (C=O) groups excluding carboxylic acids is 1. The fourth-order valence-electron chi connectivity index (χ4n) is 2.26. The summed E-state index contributed by atoms with van der Waals surface area (Å²) in [6.07, 6.45) is 1.72. The van der Waals surface area contributed by atoms with Crippen molar-refractivity contribution < 1.29 is 19.4 Å². The molecular weight excluding hydrogens is 236 g/mol. The summed E-state index contributed by atoms with van der Waals surface area (Å²) in [6, 6.07) is 0. The molecule has 2 N–H and O–H groups in total. The van der Waals surface area contributed by atoms with Crippen LogP contribution in [0.5, 0.6) is 0 Å². The van der Waals surface area contributed by atoms with Crippen molar-refractivity contribution in [3.8, 4) is 0 Å². The van der Waals surface area contributed by atoms with Crippen LogP contribution in [0.25, 0.3) is 0 Å². The van der Waals surface area contributed by atoms with Crippen LogP contribution in [0.3, 0.4) is 0 Å². The zero-order valence-electron chi connectivity index (χ0n) is 10.5. The molecule has 6 heteroatoms. The Hall–Kier alpha value is -1.37. The summed E-state index contributed by atoms with van der Waals surface area (Å²) in [5.74, 6) is 0.189. The highest BCUT2D eigenvalue weighted by molar-refractivity contribution is 5.89. The van der Waals surface area contributed by atoms with Crippen molar-refractivity contribution in [3.63, 3.8) is 0 Å². The lowest BCUT2D eigenvalue weighted by molar-refractivity contribution is -0.118. The van der Waals surface area contributed by atoms with Gasteiger partial charge in [-0.05, 0) is 6.42 Å². The van der Waals surface area contributed by atoms with Crippen molar-refractivity contribution in [1.82, 2.24) is 10.2 Å². The Bertz CT molecular complexity index is 382. The Morgan fingerprint density at radius 1 is 1.67 bits per heavy atom. The van der Waals surface area contributed by atoms with Gasteiger partial charge in [0.05, 0.1) is 6.10 Å². The predicted octanol–water partition coefficient (Wildman–Crippen LogP) is -0.0861. The molecular formula is C12H18N2O4. The number of hydrogen-bond donors (Lipinski definition) is 2. The maximum atomic E-state index is 11.2. The molecule has 18 heavy (non-hydrogen) atoms. The lowest BCUT2D eigenvalue weighted by Crippen LogP contribution is -2.47. The highest BCUT2D eigenvalue weighted by Gasteiger charge is 2.46. The Balaban J connectivity index is 2.19. The van der Waals surface area contributed by atoms with Gasteiger partial charge in [0.1, 0.15) is 18.0 Å². The summed E-state index contributed by atoms with van der Waals surface area (Å²) in [6.45, 7) is 5.70. The number of carbonyl (C=O) groups is 1. The van der Waals surface area contributed by atoms with Gasteiger partial charge in [-0.1, -0.05) is 13.5 Å². The smallest absolute Gasteiger partial charge is 0.250 e. The highest BCUT2D eigenvalue weighted by Crippen LogP contribution is 2.30. The lowest BCUT2D eigenvalue weighted by atomic mass is 10.1. The number of ether oxygens (including phenoxy) is 2. The predicted molar refractivity (Wildman–Crippen MR) is 64.0 cm³/mol. The molecule has 0 spiro atoms. The van der Waals surface area contributed by atoms with Crippen LogP contribution in [0.2, 0.25) is 0 Å². The molecule has 1 saturated heterocycles. The second kappa shape index (κ2) is 5.09. The highest BCUT2D eigenvalue weighted by atomic mass is 16.6. The van der Waals surface area contributed by atoms with E-state index in [1.54, 1.807) is 11.1 Å². The Morgan fingerprint density at radius 3 is 2.94 bits per heavy atom. The number of nitrogens with zero attached hydrogens (tertiary/aromatic N) is 1. The van der Waals surface area contributed by atoms with Gasteiger partial charge in [-0.2, -0.15) is 0 Å². The van der Waals surface area contributed by atoms with E-state index < -0.39 is 18.4 Å². The minimum Gasteiger partial charge on any atom is -0.388 e. The van der Waals surface area contributed by atoms with Crippen molar-refractivity contribution in [1.29, 1.82) is 0 Å². The average molecular weight is 254 g/mol. The van der Waals surface area contributed by atoms with E-state index in [0.29, 0.717) is 12.2 Å². The monoisotopic (exact) mass is 254 g/mol. The largest absolute Gasteiger partial charge is 0.388 e. The fraction of sp³-hybridized carbons (Fsp3) is 0.583. The van der Waals surface area contributed by atoms with Crippen LogP contribution in [-0.2, 0) is 14.3 Å². The van der Waals surface area contributed by atoms with Crippen LogP contribution in [0.4, 0.5) is 0 Å². The fourth-order valence-corrected chi connectivity index (χ4v) is 2.26. The first-order valence-corrected chi connectivity index (χ1v) is 5.91. The summed E-state index contributed by atoms with van der Waals surface area (Å²) < 4.78 is 11.1. The number of rotatable bonds is 3. The number of methoxy groups -OCH3 is 1. The van der Waals surface area contributed by atoms with Gasteiger partial charge in [-0.3, -0.25) is 4.79 Å². The van der Waals surface area contributed by atoms with Crippen molar-refractivity contribution in [2.75, 3.05) is 7.11 Å². The molecule has 100 valence electrons. The third-order valence-electron chi connectivity index (χ3n) is 3.23. The van der Waals surface area contributed by atoms with E-state index in [0.717, 1.165) is 0 Å². The molecule has 0 aromatic rings. The van der Waals surface area contributed by atoms with Gasteiger partial charge in [0.15, 0.2) is 6.23 Å². The normalized spacial score (nSPS) is 36.1. The quantitative estimate of drug-likeness (QED) is 0.737. The van der Waals surface area contributed by atoms with Crippen molar-refractivity contribution >= 4 is 5.91 Å². The Labute approximate surface area is 106 Å². The molecule has 2 aliphatic heterocycles. The van der Waals surface area contributed by atoms with E-state index >= 15 is 0 Å². The maximum Gasteiger partial charge on any atom is 0.250 e. The second-order valence-electron chi connectivity index (χ2n) is 4.32. The molecule has 6 nitrogen and oxygen atoms in total. The number of nitrogens with one attached hydrogen (secondary N) is 1. The van der Waals surface area contributed by atoms with Gasteiger partial charge in [0, 0.05) is 19.4 Å². The first-order valence-electron chi connectivity index (χ1n) is 5.91. The molecule has 2 rings (SSSR count). The molecule has 0 saturated carbocycles. The zero-order chi connectivity index (χ0) is 13.3. The van der Waals surface area contributed by atoms with Crippen molar-refractivity contribution in [2.45, 2.75) is 37.9 Å². The number of hydrogen-bond acceptors (Lipinski definition) is 5. The first kappa shape index (κ1) is 13.1. The van der Waals surface area contributed by atoms with Crippen molar-refractivity contribution in [3.05, 3.63) is 24.7 Å². The van der Waals surface area contributed by atoms with Gasteiger partial charge in [-0.15, -0.1) is 0 Å². The SMILES string of the molecule is C=C1NC(=O)C=CN1C1OC(CC)C(O)C1OC. The van der Waals surface area contributed by atoms with Gasteiger partial charge >= 0.3 is 0 Å². The van der Waals surface area contributed by atoms with E-state index in [1.165, 1.54) is 13.2 Å². The molecule has 0 bridgehead atoms. The molecule has 1 fully saturated rings. The van der Waals surface area contributed by atoms with E-state index in [4.69, 9.17) is 9.47 Å². The van der Waals surface area contributed by atoms with Crippen LogP contribution in [0.1, 0.15) is 13.3 Å². The van der Waals surface area contributed by atoms with Crippen LogP contribution in [0.15, 0.2) is 24.7 Å². The second-order valence-corrected chi connectivity index (χ2v) is 4.32. The van der Waals surface area contributed by atoms with E-state index in [-0.39, 0.29) is 12.0 Å². The van der Waals surface area contributed by atoms with Gasteiger partial charge < -0.3 is 24.8 Å². The number of aliphatic hydroxyl groups excluding tert-OH is 1. The summed E-state index contributed by atoms with van der Waals surface area (Å²) >= 11 is 0. The summed E-state index contributed by atoms with van der Waals surface area (Å²) in [7, 11) is 1.53. The third-order valence-corrected chi connectivity index (χ3v) is 3.23. The molecule has 2 aliphatic rings. The standard InChI is InChI=1S/C12H18N2O4/c1-4-8-10(16)11(17-3)12(18-8)14-6-5-9(15)13-7(14)2/h5-6,8,10-12,16H,2,4H2,1,3H3,(H,13,15). The first-order chi connectivity index (χ1) is 8.58. The zero-order valence-corrected chi connectivity index (χ0v) is 10.5. The maximum absolute atomic E-state index is 11.2. The number of amides is 1. The molecule has 0 radical (unpaired) electrons. The van der Waals surface area contributed by atoms with Gasteiger partial charge in [-0.25, -0.2) is 0 Å². The van der Waals surface area contributed by atoms with E-state index in [1.807, 2.05) is 6.92 Å². The molecule has 0 aromatic heterocycles. The van der Waals surface area contributed by atoms with Crippen LogP contribution < -0.4 is 5.32 Å². The Kier molecular flexibility index (Phi) is 3.70. The van der Waals surface area contributed by atoms with Crippen LogP contribution in [0, 0.1) is 0 Å². The van der Waals surface area contributed by atoms with Crippen LogP contribution in [-0.4, -0.2) is 47.6 Å². The molecule has 1 amide bonds. The summed E-state index contributed by atoms with van der Waals surface area (Å²) in [5.41, 5.74) is 0. The average Bonchev–Trinajstić information content (AvgIpc) is 2.65. The molecule has 4 atom stereocenters. The van der Waals surface area contributed by atoms with Crippen LogP contribution >= 0.6 is 0 Å². The van der Waals surface area contributed by atoms with Gasteiger partial charge in [0.2, 0.25) is 0 Å². The molecule has 4 unspecified atom stereocenters. The lowest BCUT2D eigenvalue weighted by Gasteiger charge is -2.33. The van der Waals surface area contributed by atoms with Crippen molar-refractivity contribution in [2.24, 2.45) is 0 Å². The minimum absolute atomic E-state index is 0.226. The molecule has 0 aromatic carbocycles. The van der Waals surface area contributed by atoms with E-state index in [9.17, 15) is 9.90 Å². The summed E-state index contributed by atoms with van der Waals surface area (Å²) in [4.78, 5) is 12.8. The molecule has 2 heterocycles. The third kappa shape index (κ3) is 2.14. The Morgan fingerprint density at radius 2 is 2.39 bits per heavy atom. The number of aliphatic hydroxyl groups is 1. The molecule has 0 aliphatic carbocycles. The minimum atomic E-state index is -0.691. The summed E-state index contributed by atoms with van der Waals surface area (Å²) in [5, 5.41) is 12.7. The van der Waals surface area contributed by atoms with Gasteiger partial charge in [0.25, 0.3) is 5.91 Å². The van der Waals surface area contributed by atoms with E-state index in [2.05, 4.69) is 11.9 Å².